The zero-order chi connectivity index (χ0) is 12.2. The molecule has 96 valence electrons. The number of carbonyl (C=O) groups is 1. The van der Waals surface area contributed by atoms with Crippen molar-refractivity contribution in [3.8, 4) is 0 Å². The highest BCUT2D eigenvalue weighted by Crippen LogP contribution is 2.13. The molecule has 0 bridgehead atoms. The summed E-state index contributed by atoms with van der Waals surface area (Å²) in [6.07, 6.45) is 6.94. The molecular weight excluding hydrogens is 224 g/mol. The summed E-state index contributed by atoms with van der Waals surface area (Å²) >= 11 is 5.54. The summed E-state index contributed by atoms with van der Waals surface area (Å²) in [5.41, 5.74) is 0. The Balaban J connectivity index is 3.54. The van der Waals surface area contributed by atoms with E-state index in [4.69, 9.17) is 16.3 Å². The molecule has 2 nitrogen and oxygen atoms in total. The first-order valence-corrected chi connectivity index (χ1v) is 6.99. The smallest absolute Gasteiger partial charge is 0.305 e. The van der Waals surface area contributed by atoms with E-state index in [1.54, 1.807) is 0 Å². The Morgan fingerprint density at radius 2 is 2.00 bits per heavy atom. The fraction of sp³-hybridized carbons (Fsp3) is 0.923. The van der Waals surface area contributed by atoms with Crippen molar-refractivity contribution >= 4 is 17.6 Å². The Labute approximate surface area is 105 Å². The van der Waals surface area contributed by atoms with Gasteiger partial charge in [0, 0.05) is 12.3 Å². The molecule has 0 aromatic rings. The molecule has 0 radical (unpaired) electrons. The highest BCUT2D eigenvalue weighted by Gasteiger charge is 2.09. The molecule has 0 N–H and O–H groups in total. The van der Waals surface area contributed by atoms with Crippen molar-refractivity contribution < 1.29 is 9.53 Å². The van der Waals surface area contributed by atoms with Gasteiger partial charge in [-0.15, -0.1) is 11.6 Å². The van der Waals surface area contributed by atoms with Crippen molar-refractivity contribution in [2.45, 2.75) is 58.8 Å². The van der Waals surface area contributed by atoms with E-state index in [0.29, 0.717) is 24.8 Å². The minimum atomic E-state index is -0.0694. The van der Waals surface area contributed by atoms with Gasteiger partial charge < -0.3 is 4.74 Å². The van der Waals surface area contributed by atoms with E-state index >= 15 is 0 Å². The quantitative estimate of drug-likeness (QED) is 0.330. The highest BCUT2D eigenvalue weighted by atomic mass is 35.5. The third kappa shape index (κ3) is 9.02. The van der Waals surface area contributed by atoms with Crippen molar-refractivity contribution in [2.75, 3.05) is 12.5 Å². The third-order valence-electron chi connectivity index (χ3n) is 2.79. The van der Waals surface area contributed by atoms with Crippen LogP contribution in [-0.2, 0) is 9.53 Å². The van der Waals surface area contributed by atoms with Gasteiger partial charge in [0.15, 0.2) is 0 Å². The number of hydrogen-bond acceptors (Lipinski definition) is 2. The molecule has 0 heterocycles. The average Bonchev–Trinajstić information content (AvgIpc) is 2.30. The first-order valence-electron chi connectivity index (χ1n) is 6.46. The van der Waals surface area contributed by atoms with Gasteiger partial charge in [-0.3, -0.25) is 4.79 Å². The summed E-state index contributed by atoms with van der Waals surface area (Å²) in [6.45, 7) is 4.93. The molecule has 1 atom stereocenters. The van der Waals surface area contributed by atoms with Gasteiger partial charge in [0.05, 0.1) is 6.61 Å². The largest absolute Gasteiger partial charge is 0.465 e. The second-order valence-corrected chi connectivity index (χ2v) is 4.62. The molecule has 0 aromatic heterocycles. The zero-order valence-corrected chi connectivity index (χ0v) is 11.4. The molecule has 0 amide bonds. The predicted molar refractivity (Wildman–Crippen MR) is 68.8 cm³/mol. The number of unbranched alkanes of at least 4 members (excludes halogenated alkanes) is 2. The predicted octanol–water partition coefficient (Wildman–Crippen LogP) is 4.16. The Kier molecular flexibility index (Phi) is 11.1. The summed E-state index contributed by atoms with van der Waals surface area (Å²) in [7, 11) is 0. The fourth-order valence-electron chi connectivity index (χ4n) is 1.54. The van der Waals surface area contributed by atoms with Crippen molar-refractivity contribution in [1.29, 1.82) is 0 Å². The lowest BCUT2D eigenvalue weighted by Gasteiger charge is -2.14. The van der Waals surface area contributed by atoms with Gasteiger partial charge in [0.2, 0.25) is 0 Å². The van der Waals surface area contributed by atoms with Crippen molar-refractivity contribution in [3.63, 3.8) is 0 Å². The van der Waals surface area contributed by atoms with E-state index in [2.05, 4.69) is 13.8 Å². The average molecular weight is 249 g/mol. The fourth-order valence-corrected chi connectivity index (χ4v) is 1.73. The SMILES string of the molecule is CCCCC(CC)COC(=O)CCCCCl. The van der Waals surface area contributed by atoms with Crippen LogP contribution < -0.4 is 0 Å². The maximum Gasteiger partial charge on any atom is 0.305 e. The van der Waals surface area contributed by atoms with E-state index < -0.39 is 0 Å². The van der Waals surface area contributed by atoms with Crippen LogP contribution in [0.5, 0.6) is 0 Å². The molecular formula is C13H25ClO2. The lowest BCUT2D eigenvalue weighted by molar-refractivity contribution is -0.145. The van der Waals surface area contributed by atoms with Crippen LogP contribution in [0, 0.1) is 5.92 Å². The number of alkyl halides is 1. The molecule has 16 heavy (non-hydrogen) atoms. The molecule has 0 saturated heterocycles. The molecule has 0 aliphatic heterocycles. The van der Waals surface area contributed by atoms with E-state index in [1.165, 1.54) is 19.3 Å². The summed E-state index contributed by atoms with van der Waals surface area (Å²) in [4.78, 5) is 11.3. The van der Waals surface area contributed by atoms with Crippen molar-refractivity contribution in [3.05, 3.63) is 0 Å². The Bertz CT molecular complexity index is 171. The van der Waals surface area contributed by atoms with Crippen LogP contribution in [0.15, 0.2) is 0 Å². The Morgan fingerprint density at radius 1 is 1.25 bits per heavy atom. The van der Waals surface area contributed by atoms with Crippen molar-refractivity contribution in [1.82, 2.24) is 0 Å². The number of hydrogen-bond donors (Lipinski definition) is 0. The Hall–Kier alpha value is -0.240. The van der Waals surface area contributed by atoms with Crippen molar-refractivity contribution in [2.24, 2.45) is 5.92 Å². The van der Waals surface area contributed by atoms with Gasteiger partial charge in [-0.2, -0.15) is 0 Å². The number of ether oxygens (including phenoxy) is 1. The monoisotopic (exact) mass is 248 g/mol. The van der Waals surface area contributed by atoms with Crippen LogP contribution in [-0.4, -0.2) is 18.5 Å². The van der Waals surface area contributed by atoms with Crippen LogP contribution >= 0.6 is 11.6 Å². The third-order valence-corrected chi connectivity index (χ3v) is 3.06. The summed E-state index contributed by atoms with van der Waals surface area (Å²) in [5.74, 6) is 1.10. The van der Waals surface area contributed by atoms with E-state index in [0.717, 1.165) is 19.3 Å². The van der Waals surface area contributed by atoms with E-state index in [1.807, 2.05) is 0 Å². The number of carbonyl (C=O) groups excluding carboxylic acids is 1. The standard InChI is InChI=1S/C13H25ClO2/c1-3-5-8-12(4-2)11-16-13(15)9-6-7-10-14/h12H,3-11H2,1-2H3. The minimum absolute atomic E-state index is 0.0694. The van der Waals surface area contributed by atoms with Gasteiger partial charge >= 0.3 is 5.97 Å². The van der Waals surface area contributed by atoms with E-state index in [-0.39, 0.29) is 5.97 Å². The summed E-state index contributed by atoms with van der Waals surface area (Å²) in [5, 5.41) is 0. The molecule has 0 aromatic carbocycles. The molecule has 0 spiro atoms. The van der Waals surface area contributed by atoms with Gasteiger partial charge in [0.25, 0.3) is 0 Å². The maximum absolute atomic E-state index is 11.3. The molecule has 0 aliphatic carbocycles. The topological polar surface area (TPSA) is 26.3 Å². The van der Waals surface area contributed by atoms with Gasteiger partial charge in [-0.1, -0.05) is 33.1 Å². The van der Waals surface area contributed by atoms with Crippen LogP contribution in [0.3, 0.4) is 0 Å². The van der Waals surface area contributed by atoms with Gasteiger partial charge in [-0.25, -0.2) is 0 Å². The van der Waals surface area contributed by atoms with Crippen LogP contribution in [0.2, 0.25) is 0 Å². The Morgan fingerprint density at radius 3 is 2.56 bits per heavy atom. The molecule has 0 saturated carbocycles. The van der Waals surface area contributed by atoms with E-state index in [9.17, 15) is 4.79 Å². The van der Waals surface area contributed by atoms with Crippen LogP contribution in [0.25, 0.3) is 0 Å². The normalized spacial score (nSPS) is 12.4. The number of halogens is 1. The maximum atomic E-state index is 11.3. The second-order valence-electron chi connectivity index (χ2n) is 4.25. The van der Waals surface area contributed by atoms with Gasteiger partial charge in [-0.05, 0) is 25.2 Å². The highest BCUT2D eigenvalue weighted by molar-refractivity contribution is 6.17. The lowest BCUT2D eigenvalue weighted by Crippen LogP contribution is -2.13. The second kappa shape index (κ2) is 11.3. The number of esters is 1. The summed E-state index contributed by atoms with van der Waals surface area (Å²) < 4.78 is 5.26. The molecule has 1 unspecified atom stereocenters. The first kappa shape index (κ1) is 15.8. The van der Waals surface area contributed by atoms with Crippen LogP contribution in [0.1, 0.15) is 58.8 Å². The lowest BCUT2D eigenvalue weighted by atomic mass is 10.0. The number of rotatable bonds is 10. The summed E-state index contributed by atoms with van der Waals surface area (Å²) in [6, 6.07) is 0. The van der Waals surface area contributed by atoms with Crippen LogP contribution in [0.4, 0.5) is 0 Å². The molecule has 0 rings (SSSR count). The molecule has 3 heteroatoms. The molecule has 0 aliphatic rings. The molecule has 0 fully saturated rings. The zero-order valence-electron chi connectivity index (χ0n) is 10.6. The first-order chi connectivity index (χ1) is 7.74. The van der Waals surface area contributed by atoms with Gasteiger partial charge in [0.1, 0.15) is 0 Å². The minimum Gasteiger partial charge on any atom is -0.465 e.